The zero-order valence-electron chi connectivity index (χ0n) is 13.2. The van der Waals surface area contributed by atoms with E-state index in [0.717, 1.165) is 24.3 Å². The number of amides is 1. The number of benzene rings is 2. The lowest BCUT2D eigenvalue weighted by Crippen LogP contribution is -2.23. The summed E-state index contributed by atoms with van der Waals surface area (Å²) < 4.78 is 65.6. The molecule has 0 fully saturated rings. The van der Waals surface area contributed by atoms with Gasteiger partial charge in [-0.1, -0.05) is 0 Å². The molecule has 0 radical (unpaired) electrons. The monoisotopic (exact) mass is 373 g/mol. The maximum absolute atomic E-state index is 12.5. The van der Waals surface area contributed by atoms with Gasteiger partial charge in [0.05, 0.1) is 4.90 Å². The summed E-state index contributed by atoms with van der Waals surface area (Å²) in [6.07, 6.45) is 0. The van der Waals surface area contributed by atoms with E-state index in [1.165, 1.54) is 13.1 Å². The quantitative estimate of drug-likeness (QED) is 0.891. The van der Waals surface area contributed by atoms with Crippen LogP contribution in [0.25, 0.3) is 0 Å². The van der Waals surface area contributed by atoms with Crippen LogP contribution in [0, 0.1) is 6.92 Å². The molecular weight excluding hydrogens is 359 g/mol. The number of rotatable bonds is 4. The summed E-state index contributed by atoms with van der Waals surface area (Å²) in [6.45, 7) is 1.70. The number of aryl methyl sites for hydroxylation is 1. The zero-order valence-corrected chi connectivity index (χ0v) is 14.0. The Morgan fingerprint density at radius 3 is 2.16 bits per heavy atom. The molecule has 2 aromatic carbocycles. The van der Waals surface area contributed by atoms with Crippen LogP contribution in [0.4, 0.5) is 13.2 Å². The van der Waals surface area contributed by atoms with Crippen molar-refractivity contribution in [3.8, 4) is 11.5 Å². The van der Waals surface area contributed by atoms with Gasteiger partial charge < -0.3 is 10.1 Å². The van der Waals surface area contributed by atoms with Crippen LogP contribution in [-0.4, -0.2) is 26.9 Å². The van der Waals surface area contributed by atoms with Crippen LogP contribution >= 0.6 is 0 Å². The van der Waals surface area contributed by atoms with Crippen molar-refractivity contribution in [3.63, 3.8) is 0 Å². The minimum absolute atomic E-state index is 0.164. The highest BCUT2D eigenvalue weighted by atomic mass is 32.2. The van der Waals surface area contributed by atoms with Gasteiger partial charge in [0.15, 0.2) is 0 Å². The maximum Gasteiger partial charge on any atom is 0.501 e. The second-order valence-electron chi connectivity index (χ2n) is 5.08. The number of halogens is 3. The molecule has 0 atom stereocenters. The summed E-state index contributed by atoms with van der Waals surface area (Å²) in [5.41, 5.74) is -4.30. The summed E-state index contributed by atoms with van der Waals surface area (Å²) >= 11 is 0. The predicted octanol–water partition coefficient (Wildman–Crippen LogP) is 3.44. The van der Waals surface area contributed by atoms with Gasteiger partial charge in [0.25, 0.3) is 15.7 Å². The molecule has 0 unspecified atom stereocenters. The molecule has 1 N–H and O–H groups in total. The maximum atomic E-state index is 12.5. The van der Waals surface area contributed by atoms with E-state index < -0.39 is 20.2 Å². The fraction of sp³-hybridized carbons (Fsp3) is 0.188. The number of ether oxygens (including phenoxy) is 1. The fourth-order valence-corrected chi connectivity index (χ4v) is 2.76. The molecule has 0 heterocycles. The van der Waals surface area contributed by atoms with Crippen LogP contribution in [0.15, 0.2) is 47.4 Å². The number of alkyl halides is 3. The second-order valence-corrected chi connectivity index (χ2v) is 7.02. The van der Waals surface area contributed by atoms with Crippen molar-refractivity contribution in [2.24, 2.45) is 0 Å². The zero-order chi connectivity index (χ0) is 18.8. The Morgan fingerprint density at radius 2 is 1.68 bits per heavy atom. The Bertz CT molecular complexity index is 891. The van der Waals surface area contributed by atoms with E-state index in [2.05, 4.69) is 5.32 Å². The molecule has 1 amide bonds. The Morgan fingerprint density at radius 1 is 1.08 bits per heavy atom. The van der Waals surface area contributed by atoms with Crippen LogP contribution in [0.5, 0.6) is 11.5 Å². The van der Waals surface area contributed by atoms with Crippen molar-refractivity contribution < 1.29 is 31.1 Å². The number of nitrogens with one attached hydrogen (secondary N) is 1. The van der Waals surface area contributed by atoms with Gasteiger partial charge in [-0.15, -0.1) is 0 Å². The van der Waals surface area contributed by atoms with E-state index in [1.807, 2.05) is 0 Å². The molecule has 0 saturated carbocycles. The summed E-state index contributed by atoms with van der Waals surface area (Å²) in [6, 6.07) is 8.58. The van der Waals surface area contributed by atoms with Crippen LogP contribution in [-0.2, 0) is 9.84 Å². The molecule has 0 aromatic heterocycles. The lowest BCUT2D eigenvalue weighted by atomic mass is 10.1. The molecule has 2 aromatic rings. The normalized spacial score (nSPS) is 11.9. The van der Waals surface area contributed by atoms with E-state index in [9.17, 15) is 26.4 Å². The van der Waals surface area contributed by atoms with E-state index in [4.69, 9.17) is 4.74 Å². The summed E-state index contributed by atoms with van der Waals surface area (Å²) in [7, 11) is -3.89. The third kappa shape index (κ3) is 3.93. The topological polar surface area (TPSA) is 72.5 Å². The number of carbonyl (C=O) groups excluding carboxylic acids is 1. The molecule has 25 heavy (non-hydrogen) atoms. The predicted molar refractivity (Wildman–Crippen MR) is 84.3 cm³/mol. The van der Waals surface area contributed by atoms with Gasteiger partial charge in [0.1, 0.15) is 11.5 Å². The number of carbonyl (C=O) groups is 1. The molecule has 0 bridgehead atoms. The van der Waals surface area contributed by atoms with E-state index in [1.54, 1.807) is 19.1 Å². The molecule has 134 valence electrons. The van der Waals surface area contributed by atoms with Crippen molar-refractivity contribution in [3.05, 3.63) is 53.6 Å². The Hall–Kier alpha value is -2.55. The lowest BCUT2D eigenvalue weighted by Gasteiger charge is -2.11. The molecule has 9 heteroatoms. The van der Waals surface area contributed by atoms with Crippen LogP contribution < -0.4 is 10.1 Å². The second kappa shape index (κ2) is 6.75. The highest BCUT2D eigenvalue weighted by Gasteiger charge is 2.46. The van der Waals surface area contributed by atoms with E-state index in [-0.39, 0.29) is 11.7 Å². The molecular formula is C16H14F3NO4S. The first-order valence-corrected chi connectivity index (χ1v) is 8.46. The Kier molecular flexibility index (Phi) is 5.07. The van der Waals surface area contributed by atoms with Gasteiger partial charge >= 0.3 is 5.51 Å². The van der Waals surface area contributed by atoms with Crippen molar-refractivity contribution in [1.29, 1.82) is 0 Å². The van der Waals surface area contributed by atoms with Crippen LogP contribution in [0.1, 0.15) is 15.9 Å². The Balaban J connectivity index is 2.24. The number of hydrogen-bond donors (Lipinski definition) is 1. The number of sulfone groups is 1. The first-order valence-electron chi connectivity index (χ1n) is 6.98. The molecule has 0 aliphatic heterocycles. The highest BCUT2D eigenvalue weighted by molar-refractivity contribution is 7.92. The van der Waals surface area contributed by atoms with Gasteiger partial charge in [-0.05, 0) is 55.0 Å². The Labute approximate surface area is 142 Å². The minimum Gasteiger partial charge on any atom is -0.457 e. The van der Waals surface area contributed by atoms with Gasteiger partial charge in [0.2, 0.25) is 0 Å². The smallest absolute Gasteiger partial charge is 0.457 e. The SMILES string of the molecule is CNC(=O)c1ccc(Oc2ccc(S(=O)(=O)C(F)(F)F)cc2)c(C)c1. The van der Waals surface area contributed by atoms with Gasteiger partial charge in [-0.25, -0.2) is 8.42 Å². The average molecular weight is 373 g/mol. The van der Waals surface area contributed by atoms with E-state index >= 15 is 0 Å². The molecule has 2 rings (SSSR count). The molecule has 0 spiro atoms. The van der Waals surface area contributed by atoms with Crippen molar-refractivity contribution >= 4 is 15.7 Å². The minimum atomic E-state index is -5.39. The fourth-order valence-electron chi connectivity index (χ4n) is 2.00. The molecule has 5 nitrogen and oxygen atoms in total. The summed E-state index contributed by atoms with van der Waals surface area (Å²) in [4.78, 5) is 10.7. The van der Waals surface area contributed by atoms with Gasteiger partial charge in [0, 0.05) is 12.6 Å². The largest absolute Gasteiger partial charge is 0.501 e. The van der Waals surface area contributed by atoms with Gasteiger partial charge in [-0.3, -0.25) is 4.79 Å². The van der Waals surface area contributed by atoms with Crippen molar-refractivity contribution in [1.82, 2.24) is 5.32 Å². The first kappa shape index (κ1) is 18.8. The van der Waals surface area contributed by atoms with Crippen LogP contribution in [0.2, 0.25) is 0 Å². The van der Waals surface area contributed by atoms with Crippen LogP contribution in [0.3, 0.4) is 0 Å². The standard InChI is InChI=1S/C16H14F3NO4S/c1-10-9-11(15(21)20-2)3-8-14(10)24-12-4-6-13(7-5-12)25(22,23)16(17,18)19/h3-9H,1-2H3,(H,20,21). The third-order valence-corrected chi connectivity index (χ3v) is 4.83. The third-order valence-electron chi connectivity index (χ3n) is 3.33. The number of hydrogen-bond acceptors (Lipinski definition) is 4. The van der Waals surface area contributed by atoms with Gasteiger partial charge in [-0.2, -0.15) is 13.2 Å². The lowest BCUT2D eigenvalue weighted by molar-refractivity contribution is -0.0436. The average Bonchev–Trinajstić information content (AvgIpc) is 2.55. The molecule has 0 aliphatic rings. The van der Waals surface area contributed by atoms with E-state index in [0.29, 0.717) is 16.9 Å². The molecule has 0 aliphatic carbocycles. The summed E-state index contributed by atoms with van der Waals surface area (Å²) in [5.74, 6) is 0.285. The summed E-state index contributed by atoms with van der Waals surface area (Å²) in [5, 5.41) is 2.48. The van der Waals surface area contributed by atoms with Crippen molar-refractivity contribution in [2.45, 2.75) is 17.3 Å². The molecule has 0 saturated heterocycles. The van der Waals surface area contributed by atoms with Crippen molar-refractivity contribution in [2.75, 3.05) is 7.05 Å². The first-order chi connectivity index (χ1) is 11.6. The highest BCUT2D eigenvalue weighted by Crippen LogP contribution is 2.32.